The van der Waals surface area contributed by atoms with Gasteiger partial charge in [-0.25, -0.2) is 13.1 Å². The number of hydrogen-bond acceptors (Lipinski definition) is 4. The van der Waals surface area contributed by atoms with E-state index in [1.54, 1.807) is 0 Å². The molecular weight excluding hydrogens is 335 g/mol. The normalized spacial score (nSPS) is 22.1. The Morgan fingerprint density at radius 3 is 2.62 bits per heavy atom. The van der Waals surface area contributed by atoms with Gasteiger partial charge in [0.25, 0.3) is 0 Å². The van der Waals surface area contributed by atoms with Gasteiger partial charge in [-0.2, -0.15) is 0 Å². The highest BCUT2D eigenvalue weighted by molar-refractivity contribution is 7.89. The largest absolute Gasteiger partial charge is 0.378 e. The lowest BCUT2D eigenvalue weighted by Gasteiger charge is -2.35. The van der Waals surface area contributed by atoms with E-state index in [0.717, 1.165) is 0 Å². The van der Waals surface area contributed by atoms with E-state index < -0.39 is 10.0 Å². The molecule has 0 heterocycles. The third-order valence-corrected chi connectivity index (χ3v) is 5.92. The van der Waals surface area contributed by atoms with E-state index in [0.29, 0.717) is 30.0 Å². The first kappa shape index (κ1) is 17.0. The minimum Gasteiger partial charge on any atom is -0.378 e. The fraction of sp³-hybridized carbons (Fsp3) is 0.538. The van der Waals surface area contributed by atoms with Gasteiger partial charge in [-0.15, -0.1) is 0 Å². The van der Waals surface area contributed by atoms with Gasteiger partial charge in [0, 0.05) is 29.8 Å². The lowest BCUT2D eigenvalue weighted by Crippen LogP contribution is -2.47. The molecule has 5 nitrogen and oxygen atoms in total. The molecule has 0 atom stereocenters. The number of nitrogens with one attached hydrogen (secondary N) is 1. The third-order valence-electron chi connectivity index (χ3n) is 3.46. The van der Waals surface area contributed by atoms with Crippen molar-refractivity contribution in [2.75, 3.05) is 6.61 Å². The monoisotopic (exact) mass is 352 g/mol. The summed E-state index contributed by atoms with van der Waals surface area (Å²) in [5.41, 5.74) is 5.99. The van der Waals surface area contributed by atoms with Crippen LogP contribution in [0.4, 0.5) is 0 Å². The fourth-order valence-corrected chi connectivity index (χ4v) is 4.48. The molecule has 1 aromatic rings. The van der Waals surface area contributed by atoms with Crippen LogP contribution in [0, 0.1) is 0 Å². The van der Waals surface area contributed by atoms with E-state index in [1.165, 1.54) is 12.1 Å². The van der Waals surface area contributed by atoms with E-state index in [4.69, 9.17) is 33.7 Å². The molecule has 21 heavy (non-hydrogen) atoms. The van der Waals surface area contributed by atoms with Gasteiger partial charge in [0.05, 0.1) is 11.1 Å². The maximum Gasteiger partial charge on any atom is 0.242 e. The Labute approximate surface area is 134 Å². The molecule has 1 saturated carbocycles. The molecular formula is C13H18Cl2N2O3S. The summed E-state index contributed by atoms with van der Waals surface area (Å²) in [6.45, 7) is 2.63. The zero-order chi connectivity index (χ0) is 15.6. The van der Waals surface area contributed by atoms with Crippen LogP contribution in [0.2, 0.25) is 10.0 Å². The number of hydrogen-bond donors (Lipinski definition) is 2. The molecule has 0 spiro atoms. The van der Waals surface area contributed by atoms with Gasteiger partial charge in [-0.1, -0.05) is 23.2 Å². The van der Waals surface area contributed by atoms with Gasteiger partial charge in [0.1, 0.15) is 4.90 Å². The van der Waals surface area contributed by atoms with Crippen molar-refractivity contribution in [3.05, 3.63) is 27.7 Å². The SMILES string of the molecule is CCOC1CC(NS(=O)(=O)c2ccc(Cl)c(CN)c2Cl)C1. The quantitative estimate of drug-likeness (QED) is 0.822. The number of rotatable bonds is 6. The number of benzene rings is 1. The molecule has 0 amide bonds. The molecule has 0 bridgehead atoms. The molecule has 8 heteroatoms. The van der Waals surface area contributed by atoms with Gasteiger partial charge in [-0.3, -0.25) is 0 Å². The molecule has 3 N–H and O–H groups in total. The second kappa shape index (κ2) is 6.81. The third kappa shape index (κ3) is 3.70. The van der Waals surface area contributed by atoms with E-state index in [-0.39, 0.29) is 28.6 Å². The summed E-state index contributed by atoms with van der Waals surface area (Å²) < 4.78 is 32.8. The van der Waals surface area contributed by atoms with Crippen LogP contribution < -0.4 is 10.5 Å². The first-order chi connectivity index (χ1) is 9.89. The van der Waals surface area contributed by atoms with Gasteiger partial charge < -0.3 is 10.5 Å². The number of halogens is 2. The molecule has 2 rings (SSSR count). The lowest BCUT2D eigenvalue weighted by atomic mass is 9.90. The Morgan fingerprint density at radius 1 is 1.38 bits per heavy atom. The topological polar surface area (TPSA) is 81.4 Å². The molecule has 0 radical (unpaired) electrons. The smallest absolute Gasteiger partial charge is 0.242 e. The van der Waals surface area contributed by atoms with Crippen LogP contribution in [0.15, 0.2) is 17.0 Å². The lowest BCUT2D eigenvalue weighted by molar-refractivity contribution is -0.00475. The minimum atomic E-state index is -3.69. The van der Waals surface area contributed by atoms with Crippen molar-refractivity contribution in [3.63, 3.8) is 0 Å². The maximum atomic E-state index is 12.4. The minimum absolute atomic E-state index is 0.00822. The maximum absolute atomic E-state index is 12.4. The molecule has 1 aliphatic rings. The first-order valence-corrected chi connectivity index (χ1v) is 8.93. The van der Waals surface area contributed by atoms with Gasteiger partial charge in [0.2, 0.25) is 10.0 Å². The predicted octanol–water partition coefficient (Wildman–Crippen LogP) is 2.30. The highest BCUT2D eigenvalue weighted by Gasteiger charge is 2.34. The molecule has 1 fully saturated rings. The Hall–Kier alpha value is -0.370. The summed E-state index contributed by atoms with van der Waals surface area (Å²) in [7, 11) is -3.69. The van der Waals surface area contributed by atoms with E-state index in [9.17, 15) is 8.42 Å². The predicted molar refractivity (Wildman–Crippen MR) is 83.1 cm³/mol. The van der Waals surface area contributed by atoms with Gasteiger partial charge >= 0.3 is 0 Å². The zero-order valence-electron chi connectivity index (χ0n) is 11.6. The van der Waals surface area contributed by atoms with Gasteiger partial charge in [0.15, 0.2) is 0 Å². The van der Waals surface area contributed by atoms with E-state index in [2.05, 4.69) is 4.72 Å². The van der Waals surface area contributed by atoms with E-state index in [1.807, 2.05) is 6.92 Å². The van der Waals surface area contributed by atoms with Crippen molar-refractivity contribution in [2.45, 2.75) is 43.4 Å². The Bertz CT molecular complexity index is 616. The number of nitrogens with two attached hydrogens (primary N) is 1. The Kier molecular flexibility index (Phi) is 5.51. The summed E-state index contributed by atoms with van der Waals surface area (Å²) in [5.74, 6) is 0. The summed E-state index contributed by atoms with van der Waals surface area (Å²) in [5, 5.41) is 0.444. The second-order valence-corrected chi connectivity index (χ2v) is 7.38. The number of ether oxygens (including phenoxy) is 1. The van der Waals surface area contributed by atoms with Crippen LogP contribution in [0.3, 0.4) is 0 Å². The molecule has 0 aliphatic heterocycles. The van der Waals surface area contributed by atoms with E-state index >= 15 is 0 Å². The van der Waals surface area contributed by atoms with Crippen LogP contribution in [-0.2, 0) is 21.3 Å². The van der Waals surface area contributed by atoms with Crippen molar-refractivity contribution in [2.24, 2.45) is 5.73 Å². The van der Waals surface area contributed by atoms with Crippen molar-refractivity contribution in [1.82, 2.24) is 4.72 Å². The average molecular weight is 353 g/mol. The van der Waals surface area contributed by atoms with Crippen LogP contribution in [0.1, 0.15) is 25.3 Å². The molecule has 1 aromatic carbocycles. The van der Waals surface area contributed by atoms with Crippen LogP contribution in [-0.4, -0.2) is 27.2 Å². The van der Waals surface area contributed by atoms with Crippen molar-refractivity contribution in [3.8, 4) is 0 Å². The first-order valence-electron chi connectivity index (χ1n) is 6.70. The Morgan fingerprint density at radius 2 is 2.05 bits per heavy atom. The van der Waals surface area contributed by atoms with Crippen LogP contribution >= 0.6 is 23.2 Å². The van der Waals surface area contributed by atoms with Crippen LogP contribution in [0.5, 0.6) is 0 Å². The summed E-state index contributed by atoms with van der Waals surface area (Å²) in [6, 6.07) is 2.76. The van der Waals surface area contributed by atoms with Gasteiger partial charge in [-0.05, 0) is 31.9 Å². The Balaban J connectivity index is 2.14. The zero-order valence-corrected chi connectivity index (χ0v) is 13.9. The molecule has 0 saturated heterocycles. The van der Waals surface area contributed by atoms with Crippen molar-refractivity contribution in [1.29, 1.82) is 0 Å². The molecule has 0 unspecified atom stereocenters. The second-order valence-electron chi connectivity index (χ2n) is 4.91. The number of sulfonamides is 1. The van der Waals surface area contributed by atoms with Crippen molar-refractivity contribution < 1.29 is 13.2 Å². The van der Waals surface area contributed by atoms with Crippen molar-refractivity contribution >= 4 is 33.2 Å². The molecule has 0 aromatic heterocycles. The highest BCUT2D eigenvalue weighted by Crippen LogP contribution is 2.32. The fourth-order valence-electron chi connectivity index (χ4n) is 2.29. The van der Waals surface area contributed by atoms with Crippen LogP contribution in [0.25, 0.3) is 0 Å². The summed E-state index contributed by atoms with van der Waals surface area (Å²) in [6.07, 6.45) is 1.47. The standard InChI is InChI=1S/C13H18Cl2N2O3S/c1-2-20-9-5-8(6-9)17-21(18,19)12-4-3-11(14)10(7-16)13(12)15/h3-4,8-9,17H,2,5-7,16H2,1H3. The summed E-state index contributed by atoms with van der Waals surface area (Å²) in [4.78, 5) is 0.00822. The summed E-state index contributed by atoms with van der Waals surface area (Å²) >= 11 is 12.1. The average Bonchev–Trinajstić information content (AvgIpc) is 2.36. The molecule has 1 aliphatic carbocycles. The highest BCUT2D eigenvalue weighted by atomic mass is 35.5. The molecule has 118 valence electrons.